The van der Waals surface area contributed by atoms with Gasteiger partial charge in [-0.2, -0.15) is 0 Å². The zero-order valence-electron chi connectivity index (χ0n) is 19.0. The van der Waals surface area contributed by atoms with Gasteiger partial charge in [0.25, 0.3) is 5.91 Å². The second-order valence-corrected chi connectivity index (χ2v) is 8.83. The van der Waals surface area contributed by atoms with Crippen LogP contribution in [0.3, 0.4) is 0 Å². The maximum Gasteiger partial charge on any atom is 0.325 e. The molecule has 2 N–H and O–H groups in total. The predicted octanol–water partition coefficient (Wildman–Crippen LogP) is 4.64. The molecule has 1 aliphatic heterocycles. The van der Waals surface area contributed by atoms with Crippen LogP contribution in [0.1, 0.15) is 31.0 Å². The van der Waals surface area contributed by atoms with Gasteiger partial charge in [-0.25, -0.2) is 4.79 Å². The summed E-state index contributed by atoms with van der Waals surface area (Å²) in [5.41, 5.74) is 0.430. The van der Waals surface area contributed by atoms with Gasteiger partial charge in [-0.1, -0.05) is 84.9 Å². The highest BCUT2D eigenvalue weighted by atomic mass is 16.2. The topological polar surface area (TPSA) is 78.5 Å². The lowest BCUT2D eigenvalue weighted by molar-refractivity contribution is -0.135. The normalized spacial score (nSPS) is 18.8. The van der Waals surface area contributed by atoms with E-state index in [-0.39, 0.29) is 12.6 Å². The predicted molar refractivity (Wildman–Crippen MR) is 132 cm³/mol. The van der Waals surface area contributed by atoms with Crippen LogP contribution in [-0.4, -0.2) is 29.3 Å². The van der Waals surface area contributed by atoms with Gasteiger partial charge in [-0.3, -0.25) is 14.5 Å². The summed E-state index contributed by atoms with van der Waals surface area (Å²) in [6, 6.07) is 26.4. The highest BCUT2D eigenvalue weighted by molar-refractivity contribution is 6.10. The first-order chi connectivity index (χ1) is 16.4. The van der Waals surface area contributed by atoms with E-state index in [0.717, 1.165) is 32.0 Å². The Hall–Kier alpha value is -4.19. The van der Waals surface area contributed by atoms with Crippen LogP contribution >= 0.6 is 0 Å². The summed E-state index contributed by atoms with van der Waals surface area (Å²) in [5.74, 6) is -0.840. The quantitative estimate of drug-likeness (QED) is 0.434. The Bertz CT molecular complexity index is 1440. The number of rotatable bonds is 5. The van der Waals surface area contributed by atoms with Gasteiger partial charge in [0.1, 0.15) is 12.1 Å². The van der Waals surface area contributed by atoms with Crippen LogP contribution in [-0.2, 0) is 15.1 Å². The number of urea groups is 1. The minimum atomic E-state index is -1.25. The van der Waals surface area contributed by atoms with Gasteiger partial charge in [0, 0.05) is 0 Å². The molecule has 2 unspecified atom stereocenters. The summed E-state index contributed by atoms with van der Waals surface area (Å²) >= 11 is 0. The van der Waals surface area contributed by atoms with Gasteiger partial charge in [0.2, 0.25) is 5.91 Å². The minimum absolute atomic E-state index is 0.288. The van der Waals surface area contributed by atoms with E-state index in [1.807, 2.05) is 91.9 Å². The van der Waals surface area contributed by atoms with Gasteiger partial charge in [-0.05, 0) is 46.5 Å². The fourth-order valence-corrected chi connectivity index (χ4v) is 4.82. The average molecular weight is 452 g/mol. The Morgan fingerprint density at radius 1 is 0.882 bits per heavy atom. The summed E-state index contributed by atoms with van der Waals surface area (Å²) in [7, 11) is 0. The van der Waals surface area contributed by atoms with Crippen molar-refractivity contribution in [2.75, 3.05) is 6.54 Å². The number of nitrogens with one attached hydrogen (secondary N) is 2. The van der Waals surface area contributed by atoms with E-state index in [9.17, 15) is 14.4 Å². The number of hydrogen-bond donors (Lipinski definition) is 2. The van der Waals surface area contributed by atoms with Crippen LogP contribution in [0.15, 0.2) is 84.9 Å². The lowest BCUT2D eigenvalue weighted by atomic mass is 9.88. The van der Waals surface area contributed by atoms with Crippen LogP contribution in [0.2, 0.25) is 0 Å². The van der Waals surface area contributed by atoms with Crippen molar-refractivity contribution in [2.24, 2.45) is 0 Å². The zero-order chi connectivity index (χ0) is 23.9. The van der Waals surface area contributed by atoms with Crippen molar-refractivity contribution in [3.63, 3.8) is 0 Å². The number of fused-ring (bicyclic) bond motifs is 2. The second-order valence-electron chi connectivity index (χ2n) is 8.83. The number of nitrogens with zero attached hydrogens (tertiary/aromatic N) is 1. The maximum atomic E-state index is 13.4. The molecule has 1 saturated heterocycles. The Kier molecular flexibility index (Phi) is 5.28. The summed E-state index contributed by atoms with van der Waals surface area (Å²) < 4.78 is 0. The van der Waals surface area contributed by atoms with Crippen molar-refractivity contribution in [1.82, 2.24) is 15.5 Å². The van der Waals surface area contributed by atoms with Crippen LogP contribution in [0.5, 0.6) is 0 Å². The number of benzene rings is 4. The summed E-state index contributed by atoms with van der Waals surface area (Å²) in [6.45, 7) is 3.23. The molecular formula is C28H25N3O3. The molecule has 1 aliphatic rings. The first-order valence-corrected chi connectivity index (χ1v) is 11.3. The molecule has 0 aromatic heterocycles. The third-order valence-electron chi connectivity index (χ3n) is 6.57. The van der Waals surface area contributed by atoms with E-state index in [0.29, 0.717) is 5.56 Å². The molecule has 4 aromatic rings. The molecule has 0 spiro atoms. The Morgan fingerprint density at radius 3 is 2.21 bits per heavy atom. The lowest BCUT2D eigenvalue weighted by Gasteiger charge is -2.24. The molecule has 34 heavy (non-hydrogen) atoms. The Labute approximate surface area is 197 Å². The summed E-state index contributed by atoms with van der Waals surface area (Å²) in [5, 5.41) is 9.75. The summed E-state index contributed by atoms with van der Waals surface area (Å²) in [6.07, 6.45) is 0. The van der Waals surface area contributed by atoms with Gasteiger partial charge in [-0.15, -0.1) is 0 Å². The third kappa shape index (κ3) is 3.57. The van der Waals surface area contributed by atoms with E-state index < -0.39 is 23.4 Å². The lowest BCUT2D eigenvalue weighted by Crippen LogP contribution is -2.43. The molecule has 170 valence electrons. The molecular weight excluding hydrogens is 426 g/mol. The molecule has 2 atom stereocenters. The maximum absolute atomic E-state index is 13.4. The summed E-state index contributed by atoms with van der Waals surface area (Å²) in [4.78, 5) is 40.1. The highest BCUT2D eigenvalue weighted by Gasteiger charge is 2.50. The van der Waals surface area contributed by atoms with E-state index in [1.54, 1.807) is 6.92 Å². The fraction of sp³-hybridized carbons (Fsp3) is 0.179. The first kappa shape index (κ1) is 21.6. The molecule has 4 amide bonds. The van der Waals surface area contributed by atoms with Crippen molar-refractivity contribution in [3.8, 4) is 0 Å². The van der Waals surface area contributed by atoms with Gasteiger partial charge in [0.15, 0.2) is 0 Å². The number of carbonyl (C=O) groups is 3. The SMILES string of the molecule is CC(NC(=O)CN1C(=O)NC(C)(c2cccc3ccccc23)C1=O)c1cccc2ccccc12. The van der Waals surface area contributed by atoms with E-state index >= 15 is 0 Å². The van der Waals surface area contributed by atoms with Crippen molar-refractivity contribution >= 4 is 39.4 Å². The van der Waals surface area contributed by atoms with Crippen LogP contribution in [0.25, 0.3) is 21.5 Å². The molecule has 0 saturated carbocycles. The monoisotopic (exact) mass is 451 g/mol. The second kappa shape index (κ2) is 8.30. The molecule has 4 aromatic carbocycles. The largest absolute Gasteiger partial charge is 0.348 e. The molecule has 6 heteroatoms. The average Bonchev–Trinajstić information content (AvgIpc) is 3.06. The molecule has 0 aliphatic carbocycles. The molecule has 1 heterocycles. The van der Waals surface area contributed by atoms with Crippen molar-refractivity contribution in [1.29, 1.82) is 0 Å². The number of amides is 4. The van der Waals surface area contributed by atoms with Gasteiger partial charge in [0.05, 0.1) is 6.04 Å². The molecule has 1 fully saturated rings. The van der Waals surface area contributed by atoms with Crippen molar-refractivity contribution in [3.05, 3.63) is 96.1 Å². The Balaban J connectivity index is 1.36. The number of carbonyl (C=O) groups excluding carboxylic acids is 3. The molecule has 5 rings (SSSR count). The van der Waals surface area contributed by atoms with E-state index in [1.165, 1.54) is 0 Å². The zero-order valence-corrected chi connectivity index (χ0v) is 19.0. The van der Waals surface area contributed by atoms with Crippen molar-refractivity contribution < 1.29 is 14.4 Å². The van der Waals surface area contributed by atoms with E-state index in [2.05, 4.69) is 10.6 Å². The van der Waals surface area contributed by atoms with Crippen molar-refractivity contribution in [2.45, 2.75) is 25.4 Å². The number of imide groups is 1. The van der Waals surface area contributed by atoms with Crippen LogP contribution in [0.4, 0.5) is 4.79 Å². The molecule has 6 nitrogen and oxygen atoms in total. The minimum Gasteiger partial charge on any atom is -0.348 e. The fourth-order valence-electron chi connectivity index (χ4n) is 4.82. The first-order valence-electron chi connectivity index (χ1n) is 11.3. The van der Waals surface area contributed by atoms with Gasteiger partial charge < -0.3 is 10.6 Å². The smallest absolute Gasteiger partial charge is 0.325 e. The molecule has 0 radical (unpaired) electrons. The van der Waals surface area contributed by atoms with E-state index in [4.69, 9.17) is 0 Å². The van der Waals surface area contributed by atoms with Crippen LogP contribution < -0.4 is 10.6 Å². The molecule has 0 bridgehead atoms. The number of hydrogen-bond acceptors (Lipinski definition) is 3. The van der Waals surface area contributed by atoms with Crippen LogP contribution in [0, 0.1) is 0 Å². The van der Waals surface area contributed by atoms with Gasteiger partial charge >= 0.3 is 6.03 Å². The third-order valence-corrected chi connectivity index (χ3v) is 6.57. The highest BCUT2D eigenvalue weighted by Crippen LogP contribution is 2.34. The Morgan fingerprint density at radius 2 is 1.47 bits per heavy atom. The standard InChI is InChI=1S/C28H25N3O3/c1-18(21-15-7-11-19-9-3-5-13-22(19)21)29-25(32)17-31-26(33)28(2,30-27(31)34)24-16-8-12-20-10-4-6-14-23(20)24/h3-16,18H,17H2,1-2H3,(H,29,32)(H,30,34).